The minimum atomic E-state index is -0.192. The zero-order valence-corrected chi connectivity index (χ0v) is 18.8. The Balaban J connectivity index is 1.86. The molecule has 0 saturated carbocycles. The number of rotatable bonds is 6. The van der Waals surface area contributed by atoms with Crippen molar-refractivity contribution >= 4 is 29.4 Å². The van der Waals surface area contributed by atoms with Gasteiger partial charge in [0.25, 0.3) is 0 Å². The summed E-state index contributed by atoms with van der Waals surface area (Å²) in [6.45, 7) is 3.07. The van der Waals surface area contributed by atoms with E-state index in [9.17, 15) is 4.79 Å². The third kappa shape index (κ3) is 3.20. The van der Waals surface area contributed by atoms with Gasteiger partial charge in [-0.3, -0.25) is 4.79 Å². The summed E-state index contributed by atoms with van der Waals surface area (Å²) in [6, 6.07) is 4.33. The predicted octanol–water partition coefficient (Wildman–Crippen LogP) is 4.69. The van der Waals surface area contributed by atoms with E-state index in [4.69, 9.17) is 9.47 Å². The number of fused-ring (bicyclic) bond motifs is 3. The molecule has 0 aliphatic carbocycles. The van der Waals surface area contributed by atoms with Crippen molar-refractivity contribution in [2.75, 3.05) is 32.3 Å². The fourth-order valence-electron chi connectivity index (χ4n) is 5.28. The van der Waals surface area contributed by atoms with Crippen LogP contribution in [-0.4, -0.2) is 47.7 Å². The van der Waals surface area contributed by atoms with Crippen LogP contribution in [0.25, 0.3) is 0 Å². The first-order valence-corrected chi connectivity index (χ1v) is 12.5. The molecule has 1 aromatic rings. The Morgan fingerprint density at radius 3 is 2.57 bits per heavy atom. The fraction of sp³-hybridized carbons (Fsp3) is 0.682. The smallest absolute Gasteiger partial charge is 0.223 e. The molecule has 3 heterocycles. The number of hydrogen-bond donors (Lipinski definition) is 0. The number of nitrogens with zero attached hydrogens (tertiary/aromatic N) is 1. The molecule has 3 aliphatic heterocycles. The summed E-state index contributed by atoms with van der Waals surface area (Å²) < 4.78 is 11.7. The Kier molecular flexibility index (Phi) is 6.07. The molecule has 1 aromatic carbocycles. The van der Waals surface area contributed by atoms with Gasteiger partial charge in [0, 0.05) is 18.9 Å². The van der Waals surface area contributed by atoms with Crippen molar-refractivity contribution in [1.82, 2.24) is 4.90 Å². The van der Waals surface area contributed by atoms with Crippen LogP contribution in [0.5, 0.6) is 11.5 Å². The van der Waals surface area contributed by atoms with Crippen LogP contribution < -0.4 is 9.47 Å². The SMILES string of the molecule is CCCC[C@]12c3cc(OC)c(OC)cc3CCN1C(=O)C[C@@H]2C1SCCCS1. The highest BCUT2D eigenvalue weighted by atomic mass is 32.2. The van der Waals surface area contributed by atoms with Crippen LogP contribution in [0.3, 0.4) is 0 Å². The van der Waals surface area contributed by atoms with Gasteiger partial charge < -0.3 is 14.4 Å². The number of carbonyl (C=O) groups excluding carboxylic acids is 1. The van der Waals surface area contributed by atoms with Gasteiger partial charge in [0.15, 0.2) is 11.5 Å². The van der Waals surface area contributed by atoms with Crippen LogP contribution in [-0.2, 0) is 16.8 Å². The lowest BCUT2D eigenvalue weighted by Crippen LogP contribution is -2.52. The fourth-order valence-corrected chi connectivity index (χ4v) is 8.62. The van der Waals surface area contributed by atoms with Crippen LogP contribution >= 0.6 is 23.5 Å². The van der Waals surface area contributed by atoms with Crippen LogP contribution in [0, 0.1) is 5.92 Å². The number of amides is 1. The van der Waals surface area contributed by atoms with Gasteiger partial charge in [-0.25, -0.2) is 0 Å². The summed E-state index contributed by atoms with van der Waals surface area (Å²) in [5.74, 6) is 4.70. The number of unbranched alkanes of at least 4 members (excludes halogenated alkanes) is 1. The quantitative estimate of drug-likeness (QED) is 0.666. The summed E-state index contributed by atoms with van der Waals surface area (Å²) in [6.07, 6.45) is 6.18. The van der Waals surface area contributed by atoms with Gasteiger partial charge in [0.05, 0.1) is 24.3 Å². The van der Waals surface area contributed by atoms with E-state index in [2.05, 4.69) is 47.5 Å². The zero-order chi connectivity index (χ0) is 19.7. The predicted molar refractivity (Wildman–Crippen MR) is 118 cm³/mol. The molecule has 0 aromatic heterocycles. The van der Waals surface area contributed by atoms with E-state index in [1.165, 1.54) is 29.1 Å². The van der Waals surface area contributed by atoms with Crippen molar-refractivity contribution in [3.05, 3.63) is 23.3 Å². The topological polar surface area (TPSA) is 38.8 Å². The van der Waals surface area contributed by atoms with Crippen LogP contribution in [0.1, 0.15) is 50.2 Å². The summed E-state index contributed by atoms with van der Waals surface area (Å²) in [7, 11) is 3.40. The van der Waals surface area contributed by atoms with Gasteiger partial charge in [0.1, 0.15) is 0 Å². The Labute approximate surface area is 177 Å². The van der Waals surface area contributed by atoms with Crippen molar-refractivity contribution < 1.29 is 14.3 Å². The monoisotopic (exact) mass is 421 g/mol. The summed E-state index contributed by atoms with van der Waals surface area (Å²) >= 11 is 4.14. The second-order valence-corrected chi connectivity index (χ2v) is 10.8. The van der Waals surface area contributed by atoms with E-state index in [-0.39, 0.29) is 5.54 Å². The van der Waals surface area contributed by atoms with Gasteiger partial charge in [-0.1, -0.05) is 19.8 Å². The first kappa shape index (κ1) is 20.3. The standard InChI is InChI=1S/C22H31NO3S2/c1-4-5-8-22-16-13-19(26-3)18(25-2)12-15(16)7-9-23(22)20(24)14-17(22)21-27-10-6-11-28-21/h12-13,17,21H,4-11,14H2,1-3H3/t17-,22-/m1/s1. The van der Waals surface area contributed by atoms with Crippen molar-refractivity contribution in [3.8, 4) is 11.5 Å². The van der Waals surface area contributed by atoms with Crippen LogP contribution in [0.4, 0.5) is 0 Å². The molecule has 0 spiro atoms. The average Bonchev–Trinajstić information content (AvgIpc) is 3.04. The third-order valence-electron chi connectivity index (χ3n) is 6.56. The van der Waals surface area contributed by atoms with Gasteiger partial charge in [0.2, 0.25) is 5.91 Å². The summed E-state index contributed by atoms with van der Waals surface area (Å²) in [5, 5.41) is 0. The molecule has 0 unspecified atom stereocenters. The Morgan fingerprint density at radius 2 is 1.89 bits per heavy atom. The number of ether oxygens (including phenoxy) is 2. The maximum Gasteiger partial charge on any atom is 0.223 e. The lowest BCUT2D eigenvalue weighted by molar-refractivity contribution is -0.132. The Hall–Kier alpha value is -1.01. The van der Waals surface area contributed by atoms with Crippen molar-refractivity contribution in [2.45, 2.75) is 55.6 Å². The number of carbonyl (C=O) groups is 1. The molecule has 6 heteroatoms. The number of methoxy groups -OCH3 is 2. The molecule has 4 nitrogen and oxygen atoms in total. The Morgan fingerprint density at radius 1 is 1.18 bits per heavy atom. The molecule has 2 saturated heterocycles. The van der Waals surface area contributed by atoms with Crippen LogP contribution in [0.2, 0.25) is 0 Å². The minimum absolute atomic E-state index is 0.192. The second kappa shape index (κ2) is 8.39. The zero-order valence-electron chi connectivity index (χ0n) is 17.2. The van der Waals surface area contributed by atoms with E-state index in [0.29, 0.717) is 22.8 Å². The minimum Gasteiger partial charge on any atom is -0.493 e. The van der Waals surface area contributed by atoms with Gasteiger partial charge in [-0.15, -0.1) is 23.5 Å². The highest BCUT2D eigenvalue weighted by Crippen LogP contribution is 2.57. The molecule has 154 valence electrons. The molecular weight excluding hydrogens is 390 g/mol. The first-order valence-electron chi connectivity index (χ1n) is 10.4. The van der Waals surface area contributed by atoms with E-state index in [1.807, 2.05) is 0 Å². The van der Waals surface area contributed by atoms with Crippen molar-refractivity contribution in [1.29, 1.82) is 0 Å². The molecule has 3 aliphatic rings. The second-order valence-electron chi connectivity index (χ2n) is 7.96. The number of hydrogen-bond acceptors (Lipinski definition) is 5. The number of thioether (sulfide) groups is 2. The molecule has 0 N–H and O–H groups in total. The third-order valence-corrected chi connectivity index (χ3v) is 9.74. The van der Waals surface area contributed by atoms with E-state index in [1.54, 1.807) is 14.2 Å². The molecule has 4 rings (SSSR count). The first-order chi connectivity index (χ1) is 13.7. The Bertz CT molecular complexity index is 735. The number of benzene rings is 1. The highest BCUT2D eigenvalue weighted by molar-refractivity contribution is 8.17. The lowest BCUT2D eigenvalue weighted by atomic mass is 9.71. The molecular formula is C22H31NO3S2. The average molecular weight is 422 g/mol. The van der Waals surface area contributed by atoms with Crippen LogP contribution in [0.15, 0.2) is 12.1 Å². The lowest BCUT2D eigenvalue weighted by Gasteiger charge is -2.49. The van der Waals surface area contributed by atoms with Crippen molar-refractivity contribution in [2.24, 2.45) is 5.92 Å². The van der Waals surface area contributed by atoms with E-state index >= 15 is 0 Å². The molecule has 28 heavy (non-hydrogen) atoms. The van der Waals surface area contributed by atoms with E-state index in [0.717, 1.165) is 43.7 Å². The van der Waals surface area contributed by atoms with Gasteiger partial charge in [-0.2, -0.15) is 0 Å². The normalized spacial score (nSPS) is 27.5. The van der Waals surface area contributed by atoms with Gasteiger partial charge >= 0.3 is 0 Å². The largest absolute Gasteiger partial charge is 0.493 e. The van der Waals surface area contributed by atoms with Crippen molar-refractivity contribution in [3.63, 3.8) is 0 Å². The molecule has 0 bridgehead atoms. The molecule has 2 fully saturated rings. The van der Waals surface area contributed by atoms with Gasteiger partial charge in [-0.05, 0) is 54.0 Å². The van der Waals surface area contributed by atoms with E-state index < -0.39 is 0 Å². The summed E-state index contributed by atoms with van der Waals surface area (Å²) in [4.78, 5) is 15.4. The maximum atomic E-state index is 13.2. The maximum absolute atomic E-state index is 13.2. The highest BCUT2D eigenvalue weighted by Gasteiger charge is 2.58. The molecule has 2 atom stereocenters. The summed E-state index contributed by atoms with van der Waals surface area (Å²) in [5.41, 5.74) is 2.45. The molecule has 0 radical (unpaired) electrons. The molecule has 1 amide bonds.